The Morgan fingerprint density at radius 1 is 1.09 bits per heavy atom. The van der Waals surface area contributed by atoms with Gasteiger partial charge in [-0.25, -0.2) is 0 Å². The molecular weight excluding hydrogens is 612 g/mol. The molecule has 0 aliphatic carbocycles. The second kappa shape index (κ2) is 13.0. The number of amides is 1. The van der Waals surface area contributed by atoms with Crippen LogP contribution in [0.5, 0.6) is 0 Å². The number of halogens is 1. The van der Waals surface area contributed by atoms with E-state index in [1.165, 1.54) is 11.3 Å². The molecule has 2 aliphatic heterocycles. The molecule has 6 rings (SSSR count). The van der Waals surface area contributed by atoms with E-state index in [1.807, 2.05) is 53.8 Å². The van der Waals surface area contributed by atoms with Crippen molar-refractivity contribution in [3.05, 3.63) is 80.5 Å². The number of piperazine rings is 1. The smallest absolute Gasteiger partial charge is 0.303 e. The summed E-state index contributed by atoms with van der Waals surface area (Å²) in [5.74, 6) is 7.12. The summed E-state index contributed by atoms with van der Waals surface area (Å²) in [7, 11) is 2.07. The average molecular weight is 645 g/mol. The van der Waals surface area contributed by atoms with E-state index in [0.717, 1.165) is 50.9 Å². The first-order chi connectivity index (χ1) is 21.7. The van der Waals surface area contributed by atoms with E-state index in [9.17, 15) is 9.59 Å². The molecule has 0 unspecified atom stereocenters. The fourth-order valence-electron chi connectivity index (χ4n) is 5.56. The molecule has 13 heteroatoms. The van der Waals surface area contributed by atoms with Gasteiger partial charge >= 0.3 is 5.97 Å². The maximum Gasteiger partial charge on any atom is 0.303 e. The van der Waals surface area contributed by atoms with Gasteiger partial charge in [0.15, 0.2) is 5.82 Å². The van der Waals surface area contributed by atoms with Gasteiger partial charge in [0.25, 0.3) is 0 Å². The van der Waals surface area contributed by atoms with Crippen molar-refractivity contribution in [1.29, 1.82) is 0 Å². The van der Waals surface area contributed by atoms with Crippen LogP contribution in [0.25, 0.3) is 5.00 Å². The lowest BCUT2D eigenvalue weighted by molar-refractivity contribution is -0.137. The number of aliphatic imine (C=N–C) groups is 1. The Bertz CT molecular complexity index is 1840. The first kappa shape index (κ1) is 30.7. The van der Waals surface area contributed by atoms with Crippen molar-refractivity contribution >= 4 is 40.5 Å². The highest BCUT2D eigenvalue weighted by molar-refractivity contribution is 7.15. The fourth-order valence-corrected chi connectivity index (χ4v) is 6.91. The molecule has 3 aromatic heterocycles. The summed E-state index contributed by atoms with van der Waals surface area (Å²) in [6, 6.07) is 7.06. The molecule has 2 aliphatic rings. The van der Waals surface area contributed by atoms with Gasteiger partial charge in [-0.1, -0.05) is 35.6 Å². The van der Waals surface area contributed by atoms with Crippen molar-refractivity contribution < 1.29 is 14.7 Å². The second-order valence-electron chi connectivity index (χ2n) is 11.3. The van der Waals surface area contributed by atoms with Crippen LogP contribution in [0.2, 0.25) is 5.02 Å². The van der Waals surface area contributed by atoms with Gasteiger partial charge in [0.1, 0.15) is 16.9 Å². The normalized spacial score (nSPS) is 16.3. The summed E-state index contributed by atoms with van der Waals surface area (Å²) >= 11 is 7.81. The molecule has 45 heavy (non-hydrogen) atoms. The number of carbonyl (C=O) groups excluding carboxylic acids is 1. The van der Waals surface area contributed by atoms with Crippen LogP contribution in [0.15, 0.2) is 41.7 Å². The number of aryl methyl sites for hydroxylation is 2. The van der Waals surface area contributed by atoms with Crippen LogP contribution in [-0.4, -0.2) is 90.3 Å². The fraction of sp³-hybridized carbons (Fsp3) is 0.375. The van der Waals surface area contributed by atoms with Crippen molar-refractivity contribution in [2.45, 2.75) is 45.7 Å². The lowest BCUT2D eigenvalue weighted by atomic mass is 9.99. The molecule has 1 atom stereocenters. The molecule has 11 nitrogen and oxygen atoms in total. The SMILES string of the molecule is Cc1c(C#Cc2cnn(CCCC(=O)O)c2)sc2c1C(c1ccc(Cl)cc1)=N[C@@H](CC(=O)N1CCN(C)CC1)c1nnc(C)n1-2. The van der Waals surface area contributed by atoms with E-state index in [0.29, 0.717) is 42.7 Å². The number of carboxylic acids is 1. The molecule has 1 aromatic carbocycles. The zero-order chi connectivity index (χ0) is 31.7. The van der Waals surface area contributed by atoms with E-state index in [1.54, 1.807) is 10.9 Å². The van der Waals surface area contributed by atoms with E-state index in [2.05, 4.69) is 39.1 Å². The number of thiophene rings is 1. The quantitative estimate of drug-likeness (QED) is 0.301. The van der Waals surface area contributed by atoms with Crippen LogP contribution in [0, 0.1) is 25.7 Å². The number of carboxylic acid groups (broad SMARTS) is 1. The van der Waals surface area contributed by atoms with Gasteiger partial charge in [-0.2, -0.15) is 5.10 Å². The molecule has 0 radical (unpaired) electrons. The monoisotopic (exact) mass is 644 g/mol. The lowest BCUT2D eigenvalue weighted by Crippen LogP contribution is -2.47. The highest BCUT2D eigenvalue weighted by atomic mass is 35.5. The van der Waals surface area contributed by atoms with E-state index >= 15 is 0 Å². The Hall–Kier alpha value is -4.31. The molecule has 232 valence electrons. The minimum atomic E-state index is -0.823. The first-order valence-corrected chi connectivity index (χ1v) is 16.0. The Kier molecular flexibility index (Phi) is 8.85. The standard InChI is InChI=1S/C32H33ClN8O3S/c1-20-26(11-6-22-18-34-40(19-22)12-4-5-28(43)44)45-32-29(20)30(23-7-9-24(33)10-8-23)35-25(31-37-36-21(2)41(31)32)17-27(42)39-15-13-38(3)14-16-39/h7-10,18-19,25H,4-5,12-17H2,1-3H3,(H,43,44)/t25-/m0/s1. The number of nitrogens with zero attached hydrogens (tertiary/aromatic N) is 8. The van der Waals surface area contributed by atoms with Crippen molar-refractivity contribution in [2.24, 2.45) is 4.99 Å². The van der Waals surface area contributed by atoms with Gasteiger partial charge in [-0.3, -0.25) is 23.8 Å². The summed E-state index contributed by atoms with van der Waals surface area (Å²) in [6.07, 6.45) is 4.29. The summed E-state index contributed by atoms with van der Waals surface area (Å²) in [6.45, 7) is 7.53. The van der Waals surface area contributed by atoms with Gasteiger partial charge in [0.05, 0.1) is 28.8 Å². The van der Waals surface area contributed by atoms with Gasteiger partial charge < -0.3 is 14.9 Å². The summed E-state index contributed by atoms with van der Waals surface area (Å²) in [5.41, 5.74) is 4.28. The number of benzene rings is 1. The summed E-state index contributed by atoms with van der Waals surface area (Å²) in [5, 5.41) is 23.7. The molecule has 5 heterocycles. The highest BCUT2D eigenvalue weighted by Crippen LogP contribution is 2.40. The molecule has 0 saturated carbocycles. The van der Waals surface area contributed by atoms with Crippen molar-refractivity contribution in [3.8, 4) is 16.8 Å². The highest BCUT2D eigenvalue weighted by Gasteiger charge is 2.34. The van der Waals surface area contributed by atoms with Crippen LogP contribution in [0.4, 0.5) is 0 Å². The largest absolute Gasteiger partial charge is 0.481 e. The predicted octanol–water partition coefficient (Wildman–Crippen LogP) is 4.12. The second-order valence-corrected chi connectivity index (χ2v) is 12.7. The van der Waals surface area contributed by atoms with E-state index in [4.69, 9.17) is 21.7 Å². The van der Waals surface area contributed by atoms with Crippen molar-refractivity contribution in [1.82, 2.24) is 34.3 Å². The maximum absolute atomic E-state index is 13.5. The van der Waals surface area contributed by atoms with Gasteiger partial charge in [-0.05, 0) is 45.0 Å². The number of carbonyl (C=O) groups is 2. The summed E-state index contributed by atoms with van der Waals surface area (Å²) < 4.78 is 3.73. The van der Waals surface area contributed by atoms with Crippen molar-refractivity contribution in [3.63, 3.8) is 0 Å². The average Bonchev–Trinajstić information content (AvgIpc) is 3.69. The number of aliphatic carboxylic acids is 1. The maximum atomic E-state index is 13.5. The summed E-state index contributed by atoms with van der Waals surface area (Å²) in [4.78, 5) is 34.7. The molecule has 1 N–H and O–H groups in total. The topological polar surface area (TPSA) is 122 Å². The van der Waals surface area contributed by atoms with Crippen LogP contribution in [0.1, 0.15) is 64.1 Å². The Morgan fingerprint density at radius 3 is 2.58 bits per heavy atom. The van der Waals surface area contributed by atoms with Crippen LogP contribution in [0.3, 0.4) is 0 Å². The number of aromatic nitrogens is 5. The Labute approximate surface area is 270 Å². The third-order valence-electron chi connectivity index (χ3n) is 8.07. The molecule has 0 spiro atoms. The third kappa shape index (κ3) is 6.56. The van der Waals surface area contributed by atoms with Gasteiger partial charge in [0, 0.05) is 61.5 Å². The predicted molar refractivity (Wildman–Crippen MR) is 172 cm³/mol. The number of likely N-dealkylation sites (N-methyl/N-ethyl adjacent to an activating group) is 1. The Morgan fingerprint density at radius 2 is 1.84 bits per heavy atom. The molecule has 4 aromatic rings. The number of hydrogen-bond donors (Lipinski definition) is 1. The van der Waals surface area contributed by atoms with Crippen LogP contribution in [-0.2, 0) is 16.1 Å². The molecular formula is C32H33ClN8O3S. The number of fused-ring (bicyclic) bond motifs is 3. The van der Waals surface area contributed by atoms with Gasteiger partial charge in [-0.15, -0.1) is 21.5 Å². The number of hydrogen-bond acceptors (Lipinski definition) is 8. The van der Waals surface area contributed by atoms with Gasteiger partial charge in [0.2, 0.25) is 5.91 Å². The molecule has 0 bridgehead atoms. The van der Waals surface area contributed by atoms with Crippen molar-refractivity contribution in [2.75, 3.05) is 33.2 Å². The minimum absolute atomic E-state index is 0.0524. The third-order valence-corrected chi connectivity index (χ3v) is 9.52. The molecule has 1 saturated heterocycles. The zero-order valence-corrected chi connectivity index (χ0v) is 26.9. The Balaban J connectivity index is 1.39. The zero-order valence-electron chi connectivity index (χ0n) is 25.3. The first-order valence-electron chi connectivity index (χ1n) is 14.8. The molecule has 1 fully saturated rings. The lowest BCUT2D eigenvalue weighted by Gasteiger charge is -2.33. The van der Waals surface area contributed by atoms with Crippen LogP contribution >= 0.6 is 22.9 Å². The minimum Gasteiger partial charge on any atom is -0.481 e. The molecule has 1 amide bonds. The van der Waals surface area contributed by atoms with Crippen LogP contribution < -0.4 is 0 Å². The van der Waals surface area contributed by atoms with E-state index < -0.39 is 12.0 Å². The number of rotatable bonds is 7. The van der Waals surface area contributed by atoms with E-state index in [-0.39, 0.29) is 18.7 Å².